The Morgan fingerprint density at radius 1 is 0.972 bits per heavy atom. The molecule has 4 heterocycles. The Kier molecular flexibility index (Phi) is 6.04. The molecule has 36 heavy (non-hydrogen) atoms. The Bertz CT molecular complexity index is 1160. The second-order valence-corrected chi connectivity index (χ2v) is 11.0. The smallest absolute Gasteiger partial charge is 0.255 e. The molecule has 3 fully saturated rings. The maximum Gasteiger partial charge on any atom is 0.255 e. The predicted octanol–water partition coefficient (Wildman–Crippen LogP) is 2.98. The Hall–Kier alpha value is -3.19. The number of nitrogens with one attached hydrogen (secondary N) is 1. The van der Waals surface area contributed by atoms with Gasteiger partial charge in [0.25, 0.3) is 5.91 Å². The second kappa shape index (κ2) is 9.36. The highest BCUT2D eigenvalue weighted by Crippen LogP contribution is 2.43. The van der Waals surface area contributed by atoms with E-state index in [2.05, 4.69) is 57.6 Å². The van der Waals surface area contributed by atoms with Gasteiger partial charge in [-0.1, -0.05) is 30.3 Å². The van der Waals surface area contributed by atoms with Crippen LogP contribution in [0.15, 0.2) is 48.5 Å². The highest BCUT2D eigenvalue weighted by atomic mass is 16.2. The van der Waals surface area contributed by atoms with Gasteiger partial charge in [0.15, 0.2) is 0 Å². The maximum absolute atomic E-state index is 13.0. The van der Waals surface area contributed by atoms with Crippen LogP contribution in [0.2, 0.25) is 0 Å². The van der Waals surface area contributed by atoms with E-state index in [9.17, 15) is 14.4 Å². The van der Waals surface area contributed by atoms with Crippen molar-refractivity contribution in [3.8, 4) is 0 Å². The van der Waals surface area contributed by atoms with Crippen LogP contribution in [-0.4, -0.2) is 66.3 Å². The average molecular weight is 487 g/mol. The van der Waals surface area contributed by atoms with E-state index >= 15 is 0 Å². The van der Waals surface area contributed by atoms with Gasteiger partial charge >= 0.3 is 0 Å². The SMILES string of the molecule is O=C1CCC(N2Cc3cc(N4CC5(CCN(CCCc6ccccc6)CC5)C4)ccc3C2=O)C(=O)N1. The summed E-state index contributed by atoms with van der Waals surface area (Å²) in [7, 11) is 0. The third kappa shape index (κ3) is 4.41. The first kappa shape index (κ1) is 23.2. The predicted molar refractivity (Wildman–Crippen MR) is 138 cm³/mol. The van der Waals surface area contributed by atoms with Gasteiger partial charge < -0.3 is 14.7 Å². The third-order valence-corrected chi connectivity index (χ3v) is 8.62. The number of rotatable bonds is 6. The van der Waals surface area contributed by atoms with Crippen LogP contribution in [0.1, 0.15) is 53.6 Å². The van der Waals surface area contributed by atoms with Crippen molar-refractivity contribution in [2.75, 3.05) is 37.6 Å². The van der Waals surface area contributed by atoms with Crippen molar-refractivity contribution in [3.63, 3.8) is 0 Å². The minimum Gasteiger partial charge on any atom is -0.370 e. The number of carbonyl (C=O) groups excluding carboxylic acids is 3. The van der Waals surface area contributed by atoms with Gasteiger partial charge in [-0.25, -0.2) is 0 Å². The molecule has 7 heteroatoms. The largest absolute Gasteiger partial charge is 0.370 e. The van der Waals surface area contributed by atoms with Crippen LogP contribution >= 0.6 is 0 Å². The molecule has 1 N–H and O–H groups in total. The zero-order chi connectivity index (χ0) is 24.7. The summed E-state index contributed by atoms with van der Waals surface area (Å²) in [5, 5.41) is 2.37. The first-order chi connectivity index (χ1) is 17.5. The summed E-state index contributed by atoms with van der Waals surface area (Å²) < 4.78 is 0. The molecular formula is C29H34N4O3. The quantitative estimate of drug-likeness (QED) is 0.636. The standard InChI is InChI=1S/C29H34N4O3/c34-26-11-10-25(27(35)30-26)33-18-22-17-23(8-9-24(22)28(33)36)32-19-29(20-32)12-15-31(16-13-29)14-4-7-21-5-2-1-3-6-21/h1-3,5-6,8-9,17,25H,4,7,10-16,18-20H2,(H,30,34,35). The Morgan fingerprint density at radius 2 is 1.75 bits per heavy atom. The van der Waals surface area contributed by atoms with Crippen molar-refractivity contribution in [2.45, 2.75) is 51.1 Å². The van der Waals surface area contributed by atoms with Gasteiger partial charge in [-0.3, -0.25) is 19.7 Å². The fourth-order valence-corrected chi connectivity index (χ4v) is 6.42. The van der Waals surface area contributed by atoms with Crippen molar-refractivity contribution < 1.29 is 14.4 Å². The zero-order valence-corrected chi connectivity index (χ0v) is 20.7. The number of piperidine rings is 2. The summed E-state index contributed by atoms with van der Waals surface area (Å²) in [6.45, 7) is 6.13. The third-order valence-electron chi connectivity index (χ3n) is 8.62. The van der Waals surface area contributed by atoms with Gasteiger partial charge in [0, 0.05) is 42.7 Å². The molecule has 0 saturated carbocycles. The molecule has 6 rings (SSSR count). The monoisotopic (exact) mass is 486 g/mol. The number of amides is 3. The van der Waals surface area contributed by atoms with Crippen molar-refractivity contribution in [3.05, 3.63) is 65.2 Å². The number of anilines is 1. The Morgan fingerprint density at radius 3 is 2.50 bits per heavy atom. The minimum absolute atomic E-state index is 0.106. The lowest BCUT2D eigenvalue weighted by Crippen LogP contribution is -2.60. The lowest BCUT2D eigenvalue weighted by atomic mass is 9.71. The van der Waals surface area contributed by atoms with E-state index in [-0.39, 0.29) is 24.1 Å². The van der Waals surface area contributed by atoms with Gasteiger partial charge in [0.05, 0.1) is 0 Å². The summed E-state index contributed by atoms with van der Waals surface area (Å²) in [6, 6.07) is 16.3. The number of carbonyl (C=O) groups is 3. The number of likely N-dealkylation sites (tertiary alicyclic amines) is 1. The van der Waals surface area contributed by atoms with Crippen molar-refractivity contribution in [1.29, 1.82) is 0 Å². The van der Waals surface area contributed by atoms with Crippen molar-refractivity contribution >= 4 is 23.4 Å². The lowest BCUT2D eigenvalue weighted by Gasteiger charge is -2.55. The molecule has 2 aromatic carbocycles. The molecular weight excluding hydrogens is 452 g/mol. The number of aryl methyl sites for hydroxylation is 1. The number of fused-ring (bicyclic) bond motifs is 1. The first-order valence-corrected chi connectivity index (χ1v) is 13.3. The molecule has 1 spiro atoms. The normalized spacial score (nSPS) is 23.6. The van der Waals surface area contributed by atoms with Gasteiger partial charge in [-0.05, 0) is 81.1 Å². The van der Waals surface area contributed by atoms with E-state index in [1.807, 2.05) is 6.07 Å². The fourth-order valence-electron chi connectivity index (χ4n) is 6.42. The Balaban J connectivity index is 1.00. The van der Waals surface area contributed by atoms with Crippen LogP contribution in [-0.2, 0) is 22.6 Å². The highest BCUT2D eigenvalue weighted by molar-refractivity contribution is 6.05. The average Bonchev–Trinajstić information content (AvgIpc) is 3.19. The van der Waals surface area contributed by atoms with E-state index in [0.717, 1.165) is 25.1 Å². The molecule has 3 amide bonds. The second-order valence-electron chi connectivity index (χ2n) is 11.0. The minimum atomic E-state index is -0.559. The first-order valence-electron chi connectivity index (χ1n) is 13.3. The van der Waals surface area contributed by atoms with Crippen LogP contribution in [0.5, 0.6) is 0 Å². The number of hydrogen-bond acceptors (Lipinski definition) is 5. The molecule has 1 unspecified atom stereocenters. The van der Waals surface area contributed by atoms with Gasteiger partial charge in [0.1, 0.15) is 6.04 Å². The lowest BCUT2D eigenvalue weighted by molar-refractivity contribution is -0.136. The molecule has 188 valence electrons. The van der Waals surface area contributed by atoms with Gasteiger partial charge in [0.2, 0.25) is 11.8 Å². The van der Waals surface area contributed by atoms with E-state index in [0.29, 0.717) is 23.9 Å². The van der Waals surface area contributed by atoms with E-state index in [4.69, 9.17) is 0 Å². The van der Waals surface area contributed by atoms with E-state index < -0.39 is 6.04 Å². The molecule has 1 atom stereocenters. The number of imide groups is 1. The molecule has 4 aliphatic heterocycles. The van der Waals surface area contributed by atoms with Crippen LogP contribution in [0.4, 0.5) is 5.69 Å². The van der Waals surface area contributed by atoms with Gasteiger partial charge in [-0.15, -0.1) is 0 Å². The van der Waals surface area contributed by atoms with Gasteiger partial charge in [-0.2, -0.15) is 0 Å². The van der Waals surface area contributed by atoms with Crippen LogP contribution in [0, 0.1) is 5.41 Å². The molecule has 0 aliphatic carbocycles. The Labute approximate surface area is 212 Å². The molecule has 0 bridgehead atoms. The molecule has 0 aromatic heterocycles. The maximum atomic E-state index is 13.0. The van der Waals surface area contributed by atoms with Crippen LogP contribution < -0.4 is 10.2 Å². The number of hydrogen-bond donors (Lipinski definition) is 1. The van der Waals surface area contributed by atoms with Crippen molar-refractivity contribution in [1.82, 2.24) is 15.1 Å². The number of benzene rings is 2. The highest BCUT2D eigenvalue weighted by Gasteiger charge is 2.45. The summed E-state index contributed by atoms with van der Waals surface area (Å²) in [6.07, 6.45) is 5.55. The zero-order valence-electron chi connectivity index (χ0n) is 20.7. The fraction of sp³-hybridized carbons (Fsp3) is 0.483. The molecule has 4 aliphatic rings. The van der Waals surface area contributed by atoms with Crippen LogP contribution in [0.25, 0.3) is 0 Å². The van der Waals surface area contributed by atoms with Crippen LogP contribution in [0.3, 0.4) is 0 Å². The summed E-state index contributed by atoms with van der Waals surface area (Å²) in [5.74, 6) is -0.720. The topological polar surface area (TPSA) is 73.0 Å². The summed E-state index contributed by atoms with van der Waals surface area (Å²) in [5.41, 5.74) is 4.68. The van der Waals surface area contributed by atoms with E-state index in [1.165, 1.54) is 50.1 Å². The summed E-state index contributed by atoms with van der Waals surface area (Å²) >= 11 is 0. The molecule has 2 aromatic rings. The molecule has 7 nitrogen and oxygen atoms in total. The van der Waals surface area contributed by atoms with Crippen molar-refractivity contribution in [2.24, 2.45) is 5.41 Å². The van der Waals surface area contributed by atoms with E-state index in [1.54, 1.807) is 4.90 Å². The summed E-state index contributed by atoms with van der Waals surface area (Å²) in [4.78, 5) is 43.4. The molecule has 0 radical (unpaired) electrons. The number of nitrogens with zero attached hydrogens (tertiary/aromatic N) is 3. The molecule has 3 saturated heterocycles.